The van der Waals surface area contributed by atoms with Crippen molar-refractivity contribution in [2.75, 3.05) is 26.2 Å². The third-order valence-corrected chi connectivity index (χ3v) is 2.19. The second-order valence-electron chi connectivity index (χ2n) is 3.33. The van der Waals surface area contributed by atoms with Crippen molar-refractivity contribution in [1.82, 2.24) is 4.90 Å². The SMILES string of the molecule is Cl.N[C@@H]1CCCN(CCOC(F)F)C1. The minimum Gasteiger partial charge on any atom is -0.327 e. The van der Waals surface area contributed by atoms with E-state index in [0.717, 1.165) is 25.9 Å². The fourth-order valence-electron chi connectivity index (χ4n) is 1.57. The molecule has 0 aromatic rings. The highest BCUT2D eigenvalue weighted by Gasteiger charge is 2.16. The van der Waals surface area contributed by atoms with E-state index in [2.05, 4.69) is 9.64 Å². The van der Waals surface area contributed by atoms with Crippen LogP contribution in [0.5, 0.6) is 0 Å². The van der Waals surface area contributed by atoms with Gasteiger partial charge < -0.3 is 10.5 Å². The first-order valence-electron chi connectivity index (χ1n) is 4.56. The van der Waals surface area contributed by atoms with E-state index in [9.17, 15) is 8.78 Å². The molecule has 1 saturated heterocycles. The van der Waals surface area contributed by atoms with Gasteiger partial charge in [-0.15, -0.1) is 12.4 Å². The van der Waals surface area contributed by atoms with Crippen molar-refractivity contribution in [3.05, 3.63) is 0 Å². The van der Waals surface area contributed by atoms with Crippen LogP contribution in [0.15, 0.2) is 0 Å². The third-order valence-electron chi connectivity index (χ3n) is 2.19. The van der Waals surface area contributed by atoms with Crippen LogP contribution >= 0.6 is 12.4 Å². The smallest absolute Gasteiger partial charge is 0.327 e. The highest BCUT2D eigenvalue weighted by Crippen LogP contribution is 2.07. The quantitative estimate of drug-likeness (QED) is 0.785. The number of ether oxygens (including phenoxy) is 1. The zero-order chi connectivity index (χ0) is 9.68. The maximum Gasteiger partial charge on any atom is 0.345 e. The van der Waals surface area contributed by atoms with Crippen molar-refractivity contribution >= 4 is 12.4 Å². The standard InChI is InChI=1S/C8H16F2N2O.ClH/c9-8(10)13-5-4-12-3-1-2-7(11)6-12;/h7-8H,1-6,11H2;1H/t7-;/m1./s1. The topological polar surface area (TPSA) is 38.5 Å². The van der Waals surface area contributed by atoms with Crippen LogP contribution in [0.3, 0.4) is 0 Å². The van der Waals surface area contributed by atoms with Crippen LogP contribution in [0.1, 0.15) is 12.8 Å². The van der Waals surface area contributed by atoms with Gasteiger partial charge in [0.2, 0.25) is 0 Å². The Morgan fingerprint density at radius 1 is 1.50 bits per heavy atom. The van der Waals surface area contributed by atoms with Crippen molar-refractivity contribution in [2.45, 2.75) is 25.5 Å². The fraction of sp³-hybridized carbons (Fsp3) is 1.00. The number of alkyl halides is 2. The van der Waals surface area contributed by atoms with Gasteiger partial charge in [-0.05, 0) is 19.4 Å². The molecule has 0 bridgehead atoms. The highest BCUT2D eigenvalue weighted by molar-refractivity contribution is 5.85. The molecule has 0 radical (unpaired) electrons. The molecule has 2 N–H and O–H groups in total. The third kappa shape index (κ3) is 5.70. The number of likely N-dealkylation sites (tertiary alicyclic amines) is 1. The number of rotatable bonds is 4. The molecule has 1 heterocycles. The lowest BCUT2D eigenvalue weighted by molar-refractivity contribution is -0.132. The van der Waals surface area contributed by atoms with Gasteiger partial charge in [0.05, 0.1) is 6.61 Å². The Labute approximate surface area is 89.0 Å². The Hall–Kier alpha value is 0.0300. The molecule has 0 aliphatic carbocycles. The Bertz CT molecular complexity index is 151. The van der Waals surface area contributed by atoms with Gasteiger partial charge in [-0.2, -0.15) is 8.78 Å². The molecule has 1 fully saturated rings. The normalized spacial score (nSPS) is 23.6. The molecule has 1 atom stereocenters. The molecule has 0 aromatic carbocycles. The molecule has 0 saturated carbocycles. The van der Waals surface area contributed by atoms with Crippen molar-refractivity contribution in [1.29, 1.82) is 0 Å². The molecular formula is C8H17ClF2N2O. The van der Waals surface area contributed by atoms with Crippen molar-refractivity contribution in [3.63, 3.8) is 0 Å². The van der Waals surface area contributed by atoms with Crippen LogP contribution in [-0.2, 0) is 4.74 Å². The number of halogens is 3. The molecule has 1 rings (SSSR count). The summed E-state index contributed by atoms with van der Waals surface area (Å²) < 4.78 is 27.4. The lowest BCUT2D eigenvalue weighted by Gasteiger charge is -2.30. The summed E-state index contributed by atoms with van der Waals surface area (Å²) in [4.78, 5) is 2.07. The molecule has 86 valence electrons. The minimum atomic E-state index is -2.65. The summed E-state index contributed by atoms with van der Waals surface area (Å²) in [5.74, 6) is 0. The molecule has 1 aliphatic heterocycles. The zero-order valence-corrected chi connectivity index (χ0v) is 8.81. The molecular weight excluding hydrogens is 214 g/mol. The van der Waals surface area contributed by atoms with Gasteiger partial charge in [-0.1, -0.05) is 0 Å². The summed E-state index contributed by atoms with van der Waals surface area (Å²) >= 11 is 0. The van der Waals surface area contributed by atoms with E-state index in [4.69, 9.17) is 5.73 Å². The summed E-state index contributed by atoms with van der Waals surface area (Å²) in [6.45, 7) is -0.270. The molecule has 0 spiro atoms. The molecule has 0 aromatic heterocycles. The molecule has 3 nitrogen and oxygen atoms in total. The second-order valence-corrected chi connectivity index (χ2v) is 3.33. The van der Waals surface area contributed by atoms with Crippen LogP contribution in [-0.4, -0.2) is 43.8 Å². The monoisotopic (exact) mass is 230 g/mol. The van der Waals surface area contributed by atoms with Gasteiger partial charge in [0.25, 0.3) is 0 Å². The Kier molecular flexibility index (Phi) is 7.35. The van der Waals surface area contributed by atoms with Gasteiger partial charge in [0.15, 0.2) is 0 Å². The maximum absolute atomic E-state index is 11.6. The number of hydrogen-bond acceptors (Lipinski definition) is 3. The number of hydrogen-bond donors (Lipinski definition) is 1. The van der Waals surface area contributed by atoms with Crippen LogP contribution in [0.4, 0.5) is 8.78 Å². The van der Waals surface area contributed by atoms with Gasteiger partial charge >= 0.3 is 6.61 Å². The summed E-state index contributed by atoms with van der Waals surface area (Å²) in [5.41, 5.74) is 5.73. The van der Waals surface area contributed by atoms with E-state index in [1.165, 1.54) is 0 Å². The Morgan fingerprint density at radius 3 is 2.79 bits per heavy atom. The van der Waals surface area contributed by atoms with E-state index >= 15 is 0 Å². The van der Waals surface area contributed by atoms with Crippen LogP contribution in [0.25, 0.3) is 0 Å². The maximum atomic E-state index is 11.6. The highest BCUT2D eigenvalue weighted by atomic mass is 35.5. The van der Waals surface area contributed by atoms with Gasteiger partial charge in [0.1, 0.15) is 0 Å². The predicted octanol–water partition coefficient (Wildman–Crippen LogP) is 1.07. The second kappa shape index (κ2) is 7.34. The van der Waals surface area contributed by atoms with Crippen molar-refractivity contribution < 1.29 is 13.5 Å². The van der Waals surface area contributed by atoms with E-state index in [1.807, 2.05) is 0 Å². The predicted molar refractivity (Wildman–Crippen MR) is 52.9 cm³/mol. The molecule has 0 amide bonds. The van der Waals surface area contributed by atoms with Crippen molar-refractivity contribution in [3.8, 4) is 0 Å². The van der Waals surface area contributed by atoms with E-state index in [-0.39, 0.29) is 25.1 Å². The van der Waals surface area contributed by atoms with Gasteiger partial charge in [-0.3, -0.25) is 4.90 Å². The summed E-state index contributed by atoms with van der Waals surface area (Å²) in [5, 5.41) is 0. The summed E-state index contributed by atoms with van der Waals surface area (Å²) in [7, 11) is 0. The Morgan fingerprint density at radius 2 is 2.21 bits per heavy atom. The summed E-state index contributed by atoms with van der Waals surface area (Å²) in [6.07, 6.45) is 2.09. The first kappa shape index (κ1) is 14.0. The van der Waals surface area contributed by atoms with Crippen LogP contribution in [0.2, 0.25) is 0 Å². The van der Waals surface area contributed by atoms with E-state index in [0.29, 0.717) is 6.54 Å². The summed E-state index contributed by atoms with van der Waals surface area (Å²) in [6, 6.07) is 0.195. The first-order valence-corrected chi connectivity index (χ1v) is 4.56. The molecule has 0 unspecified atom stereocenters. The van der Waals surface area contributed by atoms with Gasteiger partial charge in [-0.25, -0.2) is 0 Å². The number of nitrogens with two attached hydrogens (primary N) is 1. The molecule has 6 heteroatoms. The average Bonchev–Trinajstić information content (AvgIpc) is 2.03. The molecule has 14 heavy (non-hydrogen) atoms. The molecule has 1 aliphatic rings. The minimum absolute atomic E-state index is 0. The van der Waals surface area contributed by atoms with Crippen LogP contribution < -0.4 is 5.73 Å². The lowest BCUT2D eigenvalue weighted by Crippen LogP contribution is -2.44. The lowest BCUT2D eigenvalue weighted by atomic mass is 10.1. The first-order chi connectivity index (χ1) is 6.18. The van der Waals surface area contributed by atoms with Crippen LogP contribution in [0, 0.1) is 0 Å². The fourth-order valence-corrected chi connectivity index (χ4v) is 1.57. The average molecular weight is 231 g/mol. The largest absolute Gasteiger partial charge is 0.345 e. The number of nitrogens with zero attached hydrogens (tertiary/aromatic N) is 1. The van der Waals surface area contributed by atoms with E-state index in [1.54, 1.807) is 0 Å². The number of piperidine rings is 1. The zero-order valence-electron chi connectivity index (χ0n) is 7.99. The Balaban J connectivity index is 0.00000169. The van der Waals surface area contributed by atoms with E-state index < -0.39 is 6.61 Å². The van der Waals surface area contributed by atoms with Gasteiger partial charge in [0, 0.05) is 19.1 Å². The van der Waals surface area contributed by atoms with Crippen molar-refractivity contribution in [2.24, 2.45) is 5.73 Å².